The number of likely N-dealkylation sites (N-methyl/N-ethyl adjacent to an activating group) is 1. The zero-order valence-corrected chi connectivity index (χ0v) is 16.1. The van der Waals surface area contributed by atoms with Gasteiger partial charge in [0.25, 0.3) is 5.91 Å². The summed E-state index contributed by atoms with van der Waals surface area (Å²) in [5, 5.41) is 0. The largest absolute Gasteiger partial charge is 0.374 e. The third kappa shape index (κ3) is 3.88. The van der Waals surface area contributed by atoms with E-state index in [4.69, 9.17) is 0 Å². The molecule has 142 valence electrons. The van der Waals surface area contributed by atoms with Crippen LogP contribution in [0.4, 0.5) is 11.4 Å². The van der Waals surface area contributed by atoms with Crippen LogP contribution in [0.25, 0.3) is 0 Å². The van der Waals surface area contributed by atoms with Crippen LogP contribution in [0.2, 0.25) is 0 Å². The molecule has 5 nitrogen and oxygen atoms in total. The molecular formula is C23H24N4O. The molecule has 0 aliphatic carbocycles. The molecule has 0 atom stereocenters. The monoisotopic (exact) mass is 372 g/mol. The molecule has 1 aliphatic heterocycles. The SMILES string of the molecule is CN(CCc1ccncc1)c1ccnc(C(=O)N2CCCc3ccccc32)c1. The highest BCUT2D eigenvalue weighted by Gasteiger charge is 2.24. The minimum Gasteiger partial charge on any atom is -0.374 e. The van der Waals surface area contributed by atoms with Crippen LogP contribution in [0.3, 0.4) is 0 Å². The van der Waals surface area contributed by atoms with Crippen molar-refractivity contribution in [2.24, 2.45) is 0 Å². The maximum absolute atomic E-state index is 13.2. The molecule has 3 aromatic rings. The Kier molecular flexibility index (Phi) is 5.33. The van der Waals surface area contributed by atoms with Crippen LogP contribution >= 0.6 is 0 Å². The van der Waals surface area contributed by atoms with E-state index >= 15 is 0 Å². The number of rotatable bonds is 5. The Morgan fingerprint density at radius 3 is 2.79 bits per heavy atom. The Morgan fingerprint density at radius 1 is 1.11 bits per heavy atom. The van der Waals surface area contributed by atoms with Crippen molar-refractivity contribution < 1.29 is 4.79 Å². The number of pyridine rings is 2. The van der Waals surface area contributed by atoms with Crippen molar-refractivity contribution in [3.05, 3.63) is 83.9 Å². The van der Waals surface area contributed by atoms with Gasteiger partial charge in [0, 0.05) is 50.1 Å². The van der Waals surface area contributed by atoms with E-state index in [-0.39, 0.29) is 5.91 Å². The number of amides is 1. The standard InChI is InChI=1S/C23H24N4O/c1-26(16-11-18-8-12-24-13-9-18)20-10-14-25-21(17-20)23(28)27-15-4-6-19-5-2-3-7-22(19)27/h2-3,5,7-10,12-14,17H,4,6,11,15-16H2,1H3. The Labute approximate surface area is 165 Å². The number of aromatic nitrogens is 2. The van der Waals surface area contributed by atoms with E-state index in [1.54, 1.807) is 6.20 Å². The van der Waals surface area contributed by atoms with Crippen LogP contribution in [-0.2, 0) is 12.8 Å². The topological polar surface area (TPSA) is 49.3 Å². The Morgan fingerprint density at radius 2 is 1.93 bits per heavy atom. The molecule has 1 amide bonds. The van der Waals surface area contributed by atoms with Gasteiger partial charge < -0.3 is 9.80 Å². The average Bonchev–Trinajstić information content (AvgIpc) is 2.77. The normalized spacial score (nSPS) is 13.1. The van der Waals surface area contributed by atoms with Crippen molar-refractivity contribution in [1.29, 1.82) is 0 Å². The molecule has 4 rings (SSSR count). The Balaban J connectivity index is 1.50. The minimum absolute atomic E-state index is 0.0310. The second-order valence-corrected chi connectivity index (χ2v) is 7.12. The maximum Gasteiger partial charge on any atom is 0.276 e. The third-order valence-corrected chi connectivity index (χ3v) is 5.24. The van der Waals surface area contributed by atoms with Gasteiger partial charge in [0.05, 0.1) is 0 Å². The number of carbonyl (C=O) groups excluding carboxylic acids is 1. The minimum atomic E-state index is -0.0310. The van der Waals surface area contributed by atoms with Gasteiger partial charge in [-0.2, -0.15) is 0 Å². The highest BCUT2D eigenvalue weighted by atomic mass is 16.2. The fourth-order valence-corrected chi connectivity index (χ4v) is 3.63. The van der Waals surface area contributed by atoms with E-state index in [0.29, 0.717) is 5.69 Å². The molecule has 3 heterocycles. The summed E-state index contributed by atoms with van der Waals surface area (Å²) in [6.45, 7) is 1.59. The first-order chi connectivity index (χ1) is 13.7. The van der Waals surface area contributed by atoms with Crippen molar-refractivity contribution in [3.8, 4) is 0 Å². The second kappa shape index (κ2) is 8.21. The molecule has 0 unspecified atom stereocenters. The molecule has 28 heavy (non-hydrogen) atoms. The molecule has 0 N–H and O–H groups in total. The first kappa shape index (κ1) is 18.2. The number of aryl methyl sites for hydroxylation is 1. The second-order valence-electron chi connectivity index (χ2n) is 7.12. The third-order valence-electron chi connectivity index (χ3n) is 5.24. The summed E-state index contributed by atoms with van der Waals surface area (Å²) >= 11 is 0. The molecule has 0 fully saturated rings. The summed E-state index contributed by atoms with van der Waals surface area (Å²) in [6, 6.07) is 16.1. The molecular weight excluding hydrogens is 348 g/mol. The van der Waals surface area contributed by atoms with Gasteiger partial charge >= 0.3 is 0 Å². The summed E-state index contributed by atoms with van der Waals surface area (Å²) < 4.78 is 0. The van der Waals surface area contributed by atoms with Gasteiger partial charge in [-0.15, -0.1) is 0 Å². The molecule has 0 radical (unpaired) electrons. The van der Waals surface area contributed by atoms with Gasteiger partial charge in [0.2, 0.25) is 0 Å². The molecule has 0 saturated carbocycles. The molecule has 1 aliphatic rings. The predicted octanol–water partition coefficient (Wildman–Crippen LogP) is 3.75. The van der Waals surface area contributed by atoms with Gasteiger partial charge in [0.1, 0.15) is 5.69 Å². The molecule has 0 saturated heterocycles. The highest BCUT2D eigenvalue weighted by molar-refractivity contribution is 6.05. The molecule has 0 spiro atoms. The number of para-hydroxylation sites is 1. The fourth-order valence-electron chi connectivity index (χ4n) is 3.63. The lowest BCUT2D eigenvalue weighted by atomic mass is 10.0. The van der Waals surface area contributed by atoms with Crippen molar-refractivity contribution >= 4 is 17.3 Å². The number of benzene rings is 1. The Bertz CT molecular complexity index is 958. The van der Waals surface area contributed by atoms with E-state index in [9.17, 15) is 4.79 Å². The summed E-state index contributed by atoms with van der Waals surface area (Å²) in [6.07, 6.45) is 8.27. The zero-order valence-electron chi connectivity index (χ0n) is 16.1. The van der Waals surface area contributed by atoms with Crippen molar-refractivity contribution in [2.45, 2.75) is 19.3 Å². The van der Waals surface area contributed by atoms with Gasteiger partial charge in [-0.05, 0) is 60.7 Å². The quantitative estimate of drug-likeness (QED) is 0.684. The lowest BCUT2D eigenvalue weighted by Gasteiger charge is -2.29. The smallest absolute Gasteiger partial charge is 0.276 e. The number of fused-ring (bicyclic) bond motifs is 1. The van der Waals surface area contributed by atoms with Crippen LogP contribution in [0.15, 0.2) is 67.1 Å². The van der Waals surface area contributed by atoms with Crippen molar-refractivity contribution in [3.63, 3.8) is 0 Å². The van der Waals surface area contributed by atoms with Gasteiger partial charge in [-0.25, -0.2) is 0 Å². The first-order valence-corrected chi connectivity index (χ1v) is 9.68. The number of anilines is 2. The number of hydrogen-bond acceptors (Lipinski definition) is 4. The fraction of sp³-hybridized carbons (Fsp3) is 0.261. The summed E-state index contributed by atoms with van der Waals surface area (Å²) in [5.74, 6) is -0.0310. The lowest BCUT2D eigenvalue weighted by Crippen LogP contribution is -2.36. The molecule has 0 bridgehead atoms. The summed E-state index contributed by atoms with van der Waals surface area (Å²) in [5.41, 5.74) is 4.98. The van der Waals surface area contributed by atoms with Gasteiger partial charge in [0.15, 0.2) is 0 Å². The highest BCUT2D eigenvalue weighted by Crippen LogP contribution is 2.28. The first-order valence-electron chi connectivity index (χ1n) is 9.68. The molecule has 5 heteroatoms. The van der Waals surface area contributed by atoms with E-state index in [1.807, 2.05) is 66.8 Å². The number of nitrogens with zero attached hydrogens (tertiary/aromatic N) is 4. The number of carbonyl (C=O) groups is 1. The van der Waals surface area contributed by atoms with Gasteiger partial charge in [-0.1, -0.05) is 18.2 Å². The van der Waals surface area contributed by atoms with Crippen molar-refractivity contribution in [1.82, 2.24) is 9.97 Å². The predicted molar refractivity (Wildman–Crippen MR) is 112 cm³/mol. The molecule has 2 aromatic heterocycles. The Hall–Kier alpha value is -3.21. The van der Waals surface area contributed by atoms with Crippen LogP contribution in [0, 0.1) is 0 Å². The van der Waals surface area contributed by atoms with Crippen LogP contribution in [0.1, 0.15) is 28.0 Å². The maximum atomic E-state index is 13.2. The van der Waals surface area contributed by atoms with Crippen LogP contribution in [-0.4, -0.2) is 36.0 Å². The van der Waals surface area contributed by atoms with Crippen molar-refractivity contribution in [2.75, 3.05) is 29.9 Å². The van der Waals surface area contributed by atoms with E-state index in [2.05, 4.69) is 20.9 Å². The lowest BCUT2D eigenvalue weighted by molar-refractivity contribution is 0.0980. The average molecular weight is 372 g/mol. The van der Waals surface area contributed by atoms with E-state index < -0.39 is 0 Å². The zero-order chi connectivity index (χ0) is 19.3. The molecule has 1 aromatic carbocycles. The van der Waals surface area contributed by atoms with E-state index in [0.717, 1.165) is 43.7 Å². The van der Waals surface area contributed by atoms with Crippen LogP contribution in [0.5, 0.6) is 0 Å². The number of hydrogen-bond donors (Lipinski definition) is 0. The summed E-state index contributed by atoms with van der Waals surface area (Å²) in [4.78, 5) is 25.6. The summed E-state index contributed by atoms with van der Waals surface area (Å²) in [7, 11) is 2.04. The van der Waals surface area contributed by atoms with E-state index in [1.165, 1.54) is 11.1 Å². The van der Waals surface area contributed by atoms with Gasteiger partial charge in [-0.3, -0.25) is 14.8 Å². The van der Waals surface area contributed by atoms with Crippen LogP contribution < -0.4 is 9.80 Å².